The Balaban J connectivity index is 2.15. The monoisotopic (exact) mass is 290 g/mol. The molecule has 5 heteroatoms. The third kappa shape index (κ3) is 3.35. The highest BCUT2D eigenvalue weighted by Gasteiger charge is 2.28. The number of carbonyl (C=O) groups excluding carboxylic acids is 1. The molecule has 0 aliphatic carbocycles. The molecule has 0 bridgehead atoms. The zero-order valence-electron chi connectivity index (χ0n) is 12.7. The first-order chi connectivity index (χ1) is 9.90. The number of rotatable bonds is 5. The number of benzene rings is 1. The van der Waals surface area contributed by atoms with E-state index in [1.807, 2.05) is 17.9 Å². The number of fused-ring (bicyclic) bond motifs is 1. The summed E-state index contributed by atoms with van der Waals surface area (Å²) in [5, 5.41) is 12.0. The quantitative estimate of drug-likeness (QED) is 0.869. The third-order valence-corrected chi connectivity index (χ3v) is 3.80. The van der Waals surface area contributed by atoms with Gasteiger partial charge in [-0.25, -0.2) is 4.79 Å². The highest BCUT2D eigenvalue weighted by molar-refractivity contribution is 5.91. The van der Waals surface area contributed by atoms with Crippen molar-refractivity contribution in [1.82, 2.24) is 5.32 Å². The van der Waals surface area contributed by atoms with Crippen molar-refractivity contribution in [3.63, 3.8) is 0 Å². The van der Waals surface area contributed by atoms with E-state index in [0.29, 0.717) is 12.5 Å². The first kappa shape index (κ1) is 15.4. The van der Waals surface area contributed by atoms with Gasteiger partial charge in [0.1, 0.15) is 6.04 Å². The van der Waals surface area contributed by atoms with Crippen molar-refractivity contribution in [2.45, 2.75) is 33.2 Å². The minimum absolute atomic E-state index is 0.0164. The number of carbonyl (C=O) groups is 2. The molecule has 1 aliphatic heterocycles. The topological polar surface area (TPSA) is 69.6 Å². The zero-order valence-corrected chi connectivity index (χ0v) is 12.7. The number of hydrogen-bond acceptors (Lipinski definition) is 3. The van der Waals surface area contributed by atoms with E-state index in [1.165, 1.54) is 0 Å². The van der Waals surface area contributed by atoms with Gasteiger partial charge >= 0.3 is 5.97 Å². The molecule has 1 aromatic rings. The molecule has 1 heterocycles. The van der Waals surface area contributed by atoms with Crippen molar-refractivity contribution in [1.29, 1.82) is 0 Å². The Kier molecular flexibility index (Phi) is 4.50. The summed E-state index contributed by atoms with van der Waals surface area (Å²) in [6.07, 6.45) is 0.844. The second-order valence-corrected chi connectivity index (χ2v) is 5.91. The summed E-state index contributed by atoms with van der Waals surface area (Å²) in [6, 6.07) is 4.83. The van der Waals surface area contributed by atoms with Crippen LogP contribution in [0.15, 0.2) is 18.2 Å². The number of nitrogens with one attached hydrogen (secondary N) is 1. The summed E-state index contributed by atoms with van der Waals surface area (Å²) in [6.45, 7) is 7.36. The number of carboxylic acid groups (broad SMARTS) is 1. The number of aromatic carboxylic acids is 1. The summed E-state index contributed by atoms with van der Waals surface area (Å²) in [5.74, 6) is -0.551. The SMILES string of the molecule is CC(C)CNC(=O)C(C)N1CCc2ccc(C(=O)O)cc21. The van der Waals surface area contributed by atoms with Gasteiger partial charge in [-0.3, -0.25) is 4.79 Å². The molecular weight excluding hydrogens is 268 g/mol. The van der Waals surface area contributed by atoms with Crippen molar-refractivity contribution in [2.75, 3.05) is 18.0 Å². The highest BCUT2D eigenvalue weighted by atomic mass is 16.4. The van der Waals surface area contributed by atoms with Gasteiger partial charge in [0.25, 0.3) is 0 Å². The van der Waals surface area contributed by atoms with Gasteiger partial charge in [0.2, 0.25) is 5.91 Å². The van der Waals surface area contributed by atoms with Crippen molar-refractivity contribution >= 4 is 17.6 Å². The Morgan fingerprint density at radius 3 is 2.67 bits per heavy atom. The van der Waals surface area contributed by atoms with Gasteiger partial charge in [-0.05, 0) is 37.0 Å². The summed E-state index contributed by atoms with van der Waals surface area (Å²) >= 11 is 0. The molecule has 1 atom stereocenters. The number of anilines is 1. The first-order valence-electron chi connectivity index (χ1n) is 7.30. The Morgan fingerprint density at radius 2 is 2.05 bits per heavy atom. The number of hydrogen-bond donors (Lipinski definition) is 2. The summed E-state index contributed by atoms with van der Waals surface area (Å²) < 4.78 is 0. The molecule has 0 aromatic heterocycles. The molecule has 1 amide bonds. The maximum Gasteiger partial charge on any atom is 0.335 e. The number of nitrogens with zero attached hydrogens (tertiary/aromatic N) is 1. The molecular formula is C16H22N2O3. The zero-order chi connectivity index (χ0) is 15.6. The Bertz CT molecular complexity index is 554. The van der Waals surface area contributed by atoms with Gasteiger partial charge in [-0.15, -0.1) is 0 Å². The van der Waals surface area contributed by atoms with Crippen LogP contribution in [0.5, 0.6) is 0 Å². The molecule has 114 valence electrons. The van der Waals surface area contributed by atoms with Gasteiger partial charge in [0.05, 0.1) is 5.56 Å². The van der Waals surface area contributed by atoms with Gasteiger partial charge in [-0.1, -0.05) is 19.9 Å². The second-order valence-electron chi connectivity index (χ2n) is 5.91. The summed E-state index contributed by atoms with van der Waals surface area (Å²) in [4.78, 5) is 25.3. The molecule has 2 rings (SSSR count). The van der Waals surface area contributed by atoms with Crippen molar-refractivity contribution in [3.8, 4) is 0 Å². The van der Waals surface area contributed by atoms with Crippen LogP contribution in [-0.2, 0) is 11.2 Å². The maximum absolute atomic E-state index is 12.2. The molecule has 5 nitrogen and oxygen atoms in total. The fourth-order valence-electron chi connectivity index (χ4n) is 2.53. The van der Waals surface area contributed by atoms with Crippen LogP contribution in [0.1, 0.15) is 36.7 Å². The fourth-order valence-corrected chi connectivity index (χ4v) is 2.53. The molecule has 1 aliphatic rings. The van der Waals surface area contributed by atoms with Gasteiger partial charge in [0.15, 0.2) is 0 Å². The molecule has 2 N–H and O–H groups in total. The van der Waals surface area contributed by atoms with Crippen LogP contribution in [0.2, 0.25) is 0 Å². The van der Waals surface area contributed by atoms with Crippen molar-refractivity contribution in [3.05, 3.63) is 29.3 Å². The molecule has 0 spiro atoms. The van der Waals surface area contributed by atoms with Crippen LogP contribution in [-0.4, -0.2) is 36.1 Å². The average molecular weight is 290 g/mol. The predicted molar refractivity (Wildman–Crippen MR) is 81.8 cm³/mol. The van der Waals surface area contributed by atoms with Crippen LogP contribution >= 0.6 is 0 Å². The summed E-state index contributed by atoms with van der Waals surface area (Å²) in [7, 11) is 0. The lowest BCUT2D eigenvalue weighted by atomic mass is 10.1. The van der Waals surface area contributed by atoms with Crippen molar-refractivity contribution < 1.29 is 14.7 Å². The Hall–Kier alpha value is -2.04. The minimum atomic E-state index is -0.943. The third-order valence-electron chi connectivity index (χ3n) is 3.80. The van der Waals surface area contributed by atoms with E-state index >= 15 is 0 Å². The van der Waals surface area contributed by atoms with Gasteiger partial charge in [-0.2, -0.15) is 0 Å². The molecule has 0 saturated carbocycles. The average Bonchev–Trinajstić information content (AvgIpc) is 2.86. The van der Waals surface area contributed by atoms with Crippen LogP contribution in [0, 0.1) is 5.92 Å². The van der Waals surface area contributed by atoms with Crippen LogP contribution < -0.4 is 10.2 Å². The van der Waals surface area contributed by atoms with E-state index in [2.05, 4.69) is 19.2 Å². The molecule has 1 unspecified atom stereocenters. The van der Waals surface area contributed by atoms with Gasteiger partial charge in [0, 0.05) is 18.8 Å². The second kappa shape index (κ2) is 6.16. The van der Waals surface area contributed by atoms with E-state index in [0.717, 1.165) is 24.2 Å². The van der Waals surface area contributed by atoms with E-state index in [4.69, 9.17) is 5.11 Å². The lowest BCUT2D eigenvalue weighted by molar-refractivity contribution is -0.122. The highest BCUT2D eigenvalue weighted by Crippen LogP contribution is 2.30. The molecule has 21 heavy (non-hydrogen) atoms. The standard InChI is InChI=1S/C16H22N2O3/c1-10(2)9-17-15(19)11(3)18-7-6-12-4-5-13(16(20)21)8-14(12)18/h4-5,8,10-11H,6-7,9H2,1-3H3,(H,17,19)(H,20,21). The lowest BCUT2D eigenvalue weighted by Crippen LogP contribution is -2.45. The maximum atomic E-state index is 12.2. The van der Waals surface area contributed by atoms with E-state index in [-0.39, 0.29) is 17.5 Å². The van der Waals surface area contributed by atoms with E-state index in [9.17, 15) is 9.59 Å². The molecule has 0 saturated heterocycles. The van der Waals surface area contributed by atoms with Crippen LogP contribution in [0.4, 0.5) is 5.69 Å². The Morgan fingerprint density at radius 1 is 1.33 bits per heavy atom. The molecule has 0 radical (unpaired) electrons. The lowest BCUT2D eigenvalue weighted by Gasteiger charge is -2.27. The van der Waals surface area contributed by atoms with Crippen LogP contribution in [0.25, 0.3) is 0 Å². The first-order valence-corrected chi connectivity index (χ1v) is 7.30. The smallest absolute Gasteiger partial charge is 0.335 e. The van der Waals surface area contributed by atoms with E-state index < -0.39 is 5.97 Å². The van der Waals surface area contributed by atoms with Crippen LogP contribution in [0.3, 0.4) is 0 Å². The normalized spacial score (nSPS) is 15.0. The fraction of sp³-hybridized carbons (Fsp3) is 0.500. The van der Waals surface area contributed by atoms with Crippen molar-refractivity contribution in [2.24, 2.45) is 5.92 Å². The van der Waals surface area contributed by atoms with Gasteiger partial charge < -0.3 is 15.3 Å². The minimum Gasteiger partial charge on any atom is -0.478 e. The number of amides is 1. The van der Waals surface area contributed by atoms with E-state index in [1.54, 1.807) is 12.1 Å². The summed E-state index contributed by atoms with van der Waals surface area (Å²) in [5.41, 5.74) is 2.22. The largest absolute Gasteiger partial charge is 0.478 e. The number of carboxylic acids is 1. The molecule has 0 fully saturated rings. The Labute approximate surface area is 125 Å². The molecule has 1 aromatic carbocycles. The predicted octanol–water partition coefficient (Wildman–Crippen LogP) is 1.91.